The maximum absolute atomic E-state index is 3.99. The zero-order valence-corrected chi connectivity index (χ0v) is 9.03. The van der Waals surface area contributed by atoms with Gasteiger partial charge in [-0.1, -0.05) is 13.0 Å². The predicted octanol–water partition coefficient (Wildman–Crippen LogP) is 3.83. The van der Waals surface area contributed by atoms with E-state index in [1.165, 1.54) is 16.9 Å². The molecule has 1 aromatic carbocycles. The number of hydrogen-bond donors (Lipinski definition) is 0. The van der Waals surface area contributed by atoms with Crippen molar-refractivity contribution in [2.45, 2.75) is 25.2 Å². The van der Waals surface area contributed by atoms with Crippen LogP contribution in [-0.4, -0.2) is 12.5 Å². The van der Waals surface area contributed by atoms with Crippen molar-refractivity contribution < 1.29 is 0 Å². The molecule has 1 aromatic rings. The summed E-state index contributed by atoms with van der Waals surface area (Å²) in [6.07, 6.45) is 1.19. The highest BCUT2D eigenvalue weighted by molar-refractivity contribution is 7.99. The van der Waals surface area contributed by atoms with Gasteiger partial charge in [-0.3, -0.25) is 4.99 Å². The normalized spacial score (nSPS) is 10.0. The van der Waals surface area contributed by atoms with Crippen molar-refractivity contribution in [2.75, 3.05) is 5.75 Å². The third-order valence-electron chi connectivity index (χ3n) is 1.75. The topological polar surface area (TPSA) is 12.4 Å². The van der Waals surface area contributed by atoms with Crippen molar-refractivity contribution in [1.29, 1.82) is 0 Å². The molecule has 0 heterocycles. The van der Waals surface area contributed by atoms with E-state index < -0.39 is 0 Å². The molecule has 0 aliphatic heterocycles. The summed E-state index contributed by atoms with van der Waals surface area (Å²) in [4.78, 5) is 5.24. The second kappa shape index (κ2) is 5.07. The number of rotatable bonds is 4. The van der Waals surface area contributed by atoms with Crippen molar-refractivity contribution in [3.05, 3.63) is 23.8 Å². The molecular weight excluding hydrogens is 178 g/mol. The molecule has 1 nitrogen and oxygen atoms in total. The molecule has 13 heavy (non-hydrogen) atoms. The molecular formula is C11H15NS. The minimum atomic E-state index is 1.00. The fraction of sp³-hybridized carbons (Fsp3) is 0.364. The second-order valence-corrected chi connectivity index (χ2v) is 4.11. The maximum atomic E-state index is 3.99. The SMILES string of the molecule is C=Nc1ccc(C)cc1SCCC. The first-order valence-corrected chi connectivity index (χ1v) is 5.46. The number of aryl methyl sites for hydroxylation is 1. The standard InChI is InChI=1S/C11H15NS/c1-4-7-13-11-8-9(2)5-6-10(11)12-3/h5-6,8H,3-4,7H2,1-2H3. The van der Waals surface area contributed by atoms with Gasteiger partial charge in [-0.2, -0.15) is 0 Å². The molecule has 0 radical (unpaired) electrons. The van der Waals surface area contributed by atoms with Crippen LogP contribution in [-0.2, 0) is 0 Å². The fourth-order valence-corrected chi connectivity index (χ4v) is 2.05. The van der Waals surface area contributed by atoms with Gasteiger partial charge in [-0.15, -0.1) is 11.8 Å². The summed E-state index contributed by atoms with van der Waals surface area (Å²) in [7, 11) is 0. The second-order valence-electron chi connectivity index (χ2n) is 2.98. The van der Waals surface area contributed by atoms with Crippen LogP contribution in [0.25, 0.3) is 0 Å². The Morgan fingerprint density at radius 2 is 2.23 bits per heavy atom. The first kappa shape index (κ1) is 10.3. The van der Waals surface area contributed by atoms with Gasteiger partial charge in [0.05, 0.1) is 5.69 Å². The third kappa shape index (κ3) is 2.88. The zero-order valence-electron chi connectivity index (χ0n) is 8.21. The maximum Gasteiger partial charge on any atom is 0.0758 e. The predicted molar refractivity (Wildman–Crippen MR) is 61.4 cm³/mol. The first-order chi connectivity index (χ1) is 6.27. The van der Waals surface area contributed by atoms with Gasteiger partial charge in [0.15, 0.2) is 0 Å². The van der Waals surface area contributed by atoms with Crippen molar-refractivity contribution in [2.24, 2.45) is 4.99 Å². The fourth-order valence-electron chi connectivity index (χ4n) is 1.08. The summed E-state index contributed by atoms with van der Waals surface area (Å²) in [6, 6.07) is 6.27. The van der Waals surface area contributed by atoms with Gasteiger partial charge in [-0.25, -0.2) is 0 Å². The Hall–Kier alpha value is -0.760. The monoisotopic (exact) mass is 193 g/mol. The first-order valence-electron chi connectivity index (χ1n) is 4.48. The molecule has 70 valence electrons. The summed E-state index contributed by atoms with van der Waals surface area (Å²) in [5.74, 6) is 1.14. The molecule has 0 atom stereocenters. The van der Waals surface area contributed by atoms with Crippen LogP contribution in [0.5, 0.6) is 0 Å². The van der Waals surface area contributed by atoms with Crippen molar-refractivity contribution >= 4 is 24.2 Å². The summed E-state index contributed by atoms with van der Waals surface area (Å²) in [5.41, 5.74) is 2.29. The highest BCUT2D eigenvalue weighted by atomic mass is 32.2. The summed E-state index contributed by atoms with van der Waals surface area (Å²) in [5, 5.41) is 0. The van der Waals surface area contributed by atoms with Crippen LogP contribution in [0.3, 0.4) is 0 Å². The lowest BCUT2D eigenvalue weighted by Gasteiger charge is -2.04. The molecule has 0 fully saturated rings. The Kier molecular flexibility index (Phi) is 4.03. The van der Waals surface area contributed by atoms with E-state index in [0.29, 0.717) is 0 Å². The summed E-state index contributed by atoms with van der Waals surface area (Å²) < 4.78 is 0. The van der Waals surface area contributed by atoms with E-state index in [-0.39, 0.29) is 0 Å². The van der Waals surface area contributed by atoms with Crippen LogP contribution in [0.1, 0.15) is 18.9 Å². The van der Waals surface area contributed by atoms with Gasteiger partial charge in [-0.05, 0) is 43.5 Å². The highest BCUT2D eigenvalue weighted by Gasteiger charge is 2.00. The van der Waals surface area contributed by atoms with E-state index >= 15 is 0 Å². The van der Waals surface area contributed by atoms with Crippen LogP contribution in [0.2, 0.25) is 0 Å². The van der Waals surface area contributed by atoms with Gasteiger partial charge in [0.2, 0.25) is 0 Å². The summed E-state index contributed by atoms with van der Waals surface area (Å²) >= 11 is 1.85. The van der Waals surface area contributed by atoms with E-state index in [0.717, 1.165) is 11.4 Å². The van der Waals surface area contributed by atoms with Crippen LogP contribution < -0.4 is 0 Å². The lowest BCUT2D eigenvalue weighted by molar-refractivity contribution is 1.10. The molecule has 0 bridgehead atoms. The Balaban J connectivity index is 2.87. The zero-order chi connectivity index (χ0) is 9.68. The van der Waals surface area contributed by atoms with Gasteiger partial charge in [0, 0.05) is 4.90 Å². The Labute approximate surface area is 84.3 Å². The average Bonchev–Trinajstić information content (AvgIpc) is 2.15. The van der Waals surface area contributed by atoms with Gasteiger partial charge < -0.3 is 0 Å². The largest absolute Gasteiger partial charge is 0.263 e. The highest BCUT2D eigenvalue weighted by Crippen LogP contribution is 2.30. The van der Waals surface area contributed by atoms with Crippen molar-refractivity contribution in [1.82, 2.24) is 0 Å². The van der Waals surface area contributed by atoms with E-state index in [9.17, 15) is 0 Å². The minimum absolute atomic E-state index is 1.00. The van der Waals surface area contributed by atoms with Crippen molar-refractivity contribution in [3.63, 3.8) is 0 Å². The number of aliphatic imine (C=N–C) groups is 1. The molecule has 0 unspecified atom stereocenters. The molecule has 2 heteroatoms. The molecule has 0 aromatic heterocycles. The van der Waals surface area contributed by atoms with E-state index in [1.807, 2.05) is 17.8 Å². The molecule has 0 N–H and O–H groups in total. The Bertz CT molecular complexity index is 294. The lowest BCUT2D eigenvalue weighted by atomic mass is 10.2. The van der Waals surface area contributed by atoms with Crippen molar-refractivity contribution in [3.8, 4) is 0 Å². The van der Waals surface area contributed by atoms with Gasteiger partial charge in [0.1, 0.15) is 0 Å². The third-order valence-corrected chi connectivity index (χ3v) is 3.00. The molecule has 1 rings (SSSR count). The van der Waals surface area contributed by atoms with E-state index in [2.05, 4.69) is 37.7 Å². The quantitative estimate of drug-likeness (QED) is 0.523. The average molecular weight is 193 g/mol. The number of thioether (sulfide) groups is 1. The molecule has 0 aliphatic carbocycles. The number of benzene rings is 1. The Morgan fingerprint density at radius 3 is 2.85 bits per heavy atom. The van der Waals surface area contributed by atoms with E-state index in [4.69, 9.17) is 0 Å². The molecule has 0 spiro atoms. The molecule has 0 saturated carbocycles. The molecule has 0 saturated heterocycles. The van der Waals surface area contributed by atoms with Crippen LogP contribution >= 0.6 is 11.8 Å². The Morgan fingerprint density at radius 1 is 1.46 bits per heavy atom. The van der Waals surface area contributed by atoms with Gasteiger partial charge >= 0.3 is 0 Å². The lowest BCUT2D eigenvalue weighted by Crippen LogP contribution is -1.79. The minimum Gasteiger partial charge on any atom is -0.263 e. The summed E-state index contributed by atoms with van der Waals surface area (Å²) in [6.45, 7) is 7.85. The van der Waals surface area contributed by atoms with Crippen LogP contribution in [0.15, 0.2) is 28.1 Å². The van der Waals surface area contributed by atoms with Gasteiger partial charge in [0.25, 0.3) is 0 Å². The molecule has 0 aliphatic rings. The number of hydrogen-bond acceptors (Lipinski definition) is 2. The van der Waals surface area contributed by atoms with Crippen LogP contribution in [0, 0.1) is 6.92 Å². The van der Waals surface area contributed by atoms with Crippen LogP contribution in [0.4, 0.5) is 5.69 Å². The van der Waals surface area contributed by atoms with E-state index in [1.54, 1.807) is 0 Å². The number of nitrogens with zero attached hydrogens (tertiary/aromatic N) is 1. The molecule has 0 amide bonds. The smallest absolute Gasteiger partial charge is 0.0758 e.